The van der Waals surface area contributed by atoms with E-state index in [2.05, 4.69) is 20.1 Å². The summed E-state index contributed by atoms with van der Waals surface area (Å²) in [5.74, 6) is -0.743. The number of esters is 1. The zero-order chi connectivity index (χ0) is 18.7. The molecule has 0 radical (unpaired) electrons. The van der Waals surface area contributed by atoms with E-state index < -0.39 is 5.97 Å². The molecule has 0 aliphatic rings. The van der Waals surface area contributed by atoms with Crippen molar-refractivity contribution >= 4 is 22.9 Å². The SMILES string of the molecule is COC(=O)c1ccc(CNC(=O)Cn2cnc3c(cnn3C)c2=O)cc1. The lowest BCUT2D eigenvalue weighted by molar-refractivity contribution is -0.121. The molecule has 2 aromatic heterocycles. The normalized spacial score (nSPS) is 10.7. The summed E-state index contributed by atoms with van der Waals surface area (Å²) in [4.78, 5) is 40.0. The molecule has 1 N–H and O–H groups in total. The Labute approximate surface area is 148 Å². The number of methoxy groups -OCH3 is 1. The molecule has 0 unspecified atom stereocenters. The Morgan fingerprint density at radius 2 is 1.96 bits per heavy atom. The van der Waals surface area contributed by atoms with Gasteiger partial charge in [-0.1, -0.05) is 12.1 Å². The van der Waals surface area contributed by atoms with Gasteiger partial charge < -0.3 is 10.1 Å². The van der Waals surface area contributed by atoms with Crippen molar-refractivity contribution in [2.45, 2.75) is 13.1 Å². The summed E-state index contributed by atoms with van der Waals surface area (Å²) >= 11 is 0. The first-order chi connectivity index (χ1) is 12.5. The quantitative estimate of drug-likeness (QED) is 0.657. The summed E-state index contributed by atoms with van der Waals surface area (Å²) in [6, 6.07) is 6.69. The lowest BCUT2D eigenvalue weighted by Gasteiger charge is -2.08. The van der Waals surface area contributed by atoms with Crippen molar-refractivity contribution < 1.29 is 14.3 Å². The molecule has 0 aliphatic carbocycles. The van der Waals surface area contributed by atoms with Crippen LogP contribution in [-0.4, -0.2) is 38.3 Å². The van der Waals surface area contributed by atoms with E-state index in [9.17, 15) is 14.4 Å². The Bertz CT molecular complexity index is 1020. The van der Waals surface area contributed by atoms with Crippen LogP contribution in [-0.2, 0) is 29.7 Å². The molecule has 1 amide bonds. The Kier molecular flexibility index (Phi) is 4.78. The fourth-order valence-electron chi connectivity index (χ4n) is 2.47. The highest BCUT2D eigenvalue weighted by molar-refractivity contribution is 5.89. The number of hydrogen-bond donors (Lipinski definition) is 1. The van der Waals surface area contributed by atoms with Crippen LogP contribution in [0, 0.1) is 0 Å². The first kappa shape index (κ1) is 17.3. The average Bonchev–Trinajstić information content (AvgIpc) is 3.04. The summed E-state index contributed by atoms with van der Waals surface area (Å²) in [7, 11) is 3.01. The van der Waals surface area contributed by atoms with Gasteiger partial charge in [-0.05, 0) is 17.7 Å². The number of ether oxygens (including phenoxy) is 1. The molecule has 0 fully saturated rings. The Hall–Kier alpha value is -3.49. The highest BCUT2D eigenvalue weighted by Crippen LogP contribution is 2.06. The number of carbonyl (C=O) groups excluding carboxylic acids is 2. The fourth-order valence-corrected chi connectivity index (χ4v) is 2.47. The largest absolute Gasteiger partial charge is 0.465 e. The van der Waals surface area contributed by atoms with Crippen molar-refractivity contribution in [1.29, 1.82) is 0 Å². The monoisotopic (exact) mass is 355 g/mol. The van der Waals surface area contributed by atoms with Gasteiger partial charge in [-0.15, -0.1) is 0 Å². The van der Waals surface area contributed by atoms with Gasteiger partial charge in [-0.3, -0.25) is 18.8 Å². The second-order valence-corrected chi connectivity index (χ2v) is 5.65. The van der Waals surface area contributed by atoms with Crippen LogP contribution in [0.1, 0.15) is 15.9 Å². The van der Waals surface area contributed by atoms with Gasteiger partial charge in [0.25, 0.3) is 5.56 Å². The molecule has 134 valence electrons. The number of nitrogens with one attached hydrogen (secondary N) is 1. The number of benzene rings is 1. The molecular formula is C17H17N5O4. The molecule has 3 aromatic rings. The first-order valence-electron chi connectivity index (χ1n) is 7.80. The summed E-state index contributed by atoms with van der Waals surface area (Å²) < 4.78 is 7.37. The number of aromatic nitrogens is 4. The van der Waals surface area contributed by atoms with Gasteiger partial charge in [0.15, 0.2) is 5.65 Å². The minimum absolute atomic E-state index is 0.142. The van der Waals surface area contributed by atoms with Crippen molar-refractivity contribution in [1.82, 2.24) is 24.6 Å². The van der Waals surface area contributed by atoms with Gasteiger partial charge in [0.2, 0.25) is 5.91 Å². The van der Waals surface area contributed by atoms with Gasteiger partial charge in [0.1, 0.15) is 18.3 Å². The van der Waals surface area contributed by atoms with Crippen LogP contribution in [0.5, 0.6) is 0 Å². The number of nitrogens with zero attached hydrogens (tertiary/aromatic N) is 4. The second kappa shape index (κ2) is 7.18. The van der Waals surface area contributed by atoms with E-state index in [4.69, 9.17) is 0 Å². The van der Waals surface area contributed by atoms with Gasteiger partial charge in [-0.2, -0.15) is 5.10 Å². The van der Waals surface area contributed by atoms with Crippen LogP contribution < -0.4 is 10.9 Å². The first-order valence-corrected chi connectivity index (χ1v) is 7.80. The summed E-state index contributed by atoms with van der Waals surface area (Å²) in [5.41, 5.74) is 1.40. The molecule has 0 aliphatic heterocycles. The van der Waals surface area contributed by atoms with Crippen molar-refractivity contribution in [2.75, 3.05) is 7.11 Å². The van der Waals surface area contributed by atoms with Crippen molar-refractivity contribution in [3.63, 3.8) is 0 Å². The molecule has 0 spiro atoms. The molecule has 9 nitrogen and oxygen atoms in total. The minimum atomic E-state index is -0.418. The highest BCUT2D eigenvalue weighted by Gasteiger charge is 2.11. The van der Waals surface area contributed by atoms with E-state index in [0.717, 1.165) is 5.56 Å². The lowest BCUT2D eigenvalue weighted by atomic mass is 10.1. The third-order valence-electron chi connectivity index (χ3n) is 3.90. The smallest absolute Gasteiger partial charge is 0.337 e. The third kappa shape index (κ3) is 3.46. The maximum absolute atomic E-state index is 12.3. The molecule has 0 bridgehead atoms. The maximum Gasteiger partial charge on any atom is 0.337 e. The Morgan fingerprint density at radius 1 is 1.23 bits per heavy atom. The van der Waals surface area contributed by atoms with Crippen LogP contribution in [0.15, 0.2) is 41.6 Å². The Morgan fingerprint density at radius 3 is 2.65 bits per heavy atom. The van der Waals surface area contributed by atoms with Crippen LogP contribution in [0.4, 0.5) is 0 Å². The number of rotatable bonds is 5. The van der Waals surface area contributed by atoms with E-state index in [1.165, 1.54) is 28.9 Å². The average molecular weight is 355 g/mol. The van der Waals surface area contributed by atoms with Gasteiger partial charge >= 0.3 is 5.97 Å². The zero-order valence-electron chi connectivity index (χ0n) is 14.3. The molecule has 26 heavy (non-hydrogen) atoms. The van der Waals surface area contributed by atoms with Crippen LogP contribution >= 0.6 is 0 Å². The lowest BCUT2D eigenvalue weighted by Crippen LogP contribution is -2.32. The fraction of sp³-hybridized carbons (Fsp3) is 0.235. The van der Waals surface area contributed by atoms with Crippen molar-refractivity contribution in [3.05, 3.63) is 58.3 Å². The molecule has 0 saturated heterocycles. The van der Waals surface area contributed by atoms with Crippen LogP contribution in [0.3, 0.4) is 0 Å². The van der Waals surface area contributed by atoms with Crippen LogP contribution in [0.2, 0.25) is 0 Å². The molecule has 0 saturated carbocycles. The molecule has 3 rings (SSSR count). The highest BCUT2D eigenvalue weighted by atomic mass is 16.5. The van der Waals surface area contributed by atoms with Gasteiger partial charge in [-0.25, -0.2) is 9.78 Å². The number of amides is 1. The zero-order valence-corrected chi connectivity index (χ0v) is 14.3. The predicted octanol–water partition coefficient (Wildman–Crippen LogP) is 0.233. The number of carbonyl (C=O) groups is 2. The third-order valence-corrected chi connectivity index (χ3v) is 3.90. The molecule has 0 atom stereocenters. The van der Waals surface area contributed by atoms with E-state index in [0.29, 0.717) is 16.6 Å². The van der Waals surface area contributed by atoms with E-state index in [1.54, 1.807) is 31.3 Å². The van der Waals surface area contributed by atoms with Gasteiger partial charge in [0, 0.05) is 13.6 Å². The molecule has 9 heteroatoms. The number of hydrogen-bond acceptors (Lipinski definition) is 6. The van der Waals surface area contributed by atoms with Gasteiger partial charge in [0.05, 0.1) is 18.9 Å². The Balaban J connectivity index is 1.63. The van der Waals surface area contributed by atoms with E-state index in [1.807, 2.05) is 0 Å². The van der Waals surface area contributed by atoms with Crippen molar-refractivity contribution in [2.24, 2.45) is 7.05 Å². The molecular weight excluding hydrogens is 338 g/mol. The summed E-state index contributed by atoms with van der Waals surface area (Å²) in [5, 5.41) is 7.08. The molecule has 2 heterocycles. The topological polar surface area (TPSA) is 108 Å². The molecule has 1 aromatic carbocycles. The summed E-state index contributed by atoms with van der Waals surface area (Å²) in [6.45, 7) is 0.133. The van der Waals surface area contributed by atoms with Crippen LogP contribution in [0.25, 0.3) is 11.0 Å². The number of aryl methyl sites for hydroxylation is 1. The maximum atomic E-state index is 12.3. The minimum Gasteiger partial charge on any atom is -0.465 e. The summed E-state index contributed by atoms with van der Waals surface area (Å²) in [6.07, 6.45) is 2.76. The van der Waals surface area contributed by atoms with Crippen molar-refractivity contribution in [3.8, 4) is 0 Å². The standard InChI is InChI=1S/C17H17N5O4/c1-21-15-13(8-20-21)16(24)22(10-19-15)9-14(23)18-7-11-3-5-12(6-4-11)17(25)26-2/h3-6,8,10H,7,9H2,1-2H3,(H,18,23). The second-order valence-electron chi connectivity index (χ2n) is 5.65. The number of fused-ring (bicyclic) bond motifs is 1. The predicted molar refractivity (Wildman–Crippen MR) is 92.4 cm³/mol. The van der Waals surface area contributed by atoms with E-state index in [-0.39, 0.29) is 24.6 Å². The van der Waals surface area contributed by atoms with E-state index >= 15 is 0 Å².